The van der Waals surface area contributed by atoms with Crippen LogP contribution in [0.4, 0.5) is 5.95 Å². The van der Waals surface area contributed by atoms with Crippen LogP contribution in [0.5, 0.6) is 5.75 Å². The summed E-state index contributed by atoms with van der Waals surface area (Å²) in [4.78, 5) is 4.50. The molecule has 126 valence electrons. The number of fused-ring (bicyclic) bond motifs is 1. The van der Waals surface area contributed by atoms with Gasteiger partial charge >= 0.3 is 0 Å². The smallest absolute Gasteiger partial charge is 0.226 e. The summed E-state index contributed by atoms with van der Waals surface area (Å²) >= 11 is 6.01. The maximum Gasteiger partial charge on any atom is 0.226 e. The van der Waals surface area contributed by atoms with Crippen molar-refractivity contribution in [2.75, 3.05) is 12.4 Å². The molecule has 0 aliphatic carbocycles. The maximum absolute atomic E-state index is 6.01. The van der Waals surface area contributed by atoms with E-state index in [4.69, 9.17) is 16.3 Å². The van der Waals surface area contributed by atoms with Gasteiger partial charge in [-0.1, -0.05) is 35.9 Å². The van der Waals surface area contributed by atoms with Gasteiger partial charge in [-0.2, -0.15) is 10.1 Å². The van der Waals surface area contributed by atoms with Crippen LogP contribution in [-0.2, 0) is 0 Å². The topological polar surface area (TPSA) is 52.0 Å². The lowest BCUT2D eigenvalue weighted by Gasteiger charge is -2.24. The lowest BCUT2D eigenvalue weighted by molar-refractivity contribution is 0.414. The van der Waals surface area contributed by atoms with Gasteiger partial charge in [0.25, 0.3) is 0 Å². The number of halogens is 1. The molecule has 2 heterocycles. The number of aromatic nitrogens is 3. The van der Waals surface area contributed by atoms with Crippen LogP contribution >= 0.6 is 11.6 Å². The molecule has 0 unspecified atom stereocenters. The predicted molar refractivity (Wildman–Crippen MR) is 98.9 cm³/mol. The van der Waals surface area contributed by atoms with Gasteiger partial charge in [0, 0.05) is 10.7 Å². The number of hydrogen-bond donors (Lipinski definition) is 1. The molecule has 1 N–H and O–H groups in total. The van der Waals surface area contributed by atoms with Gasteiger partial charge in [0.05, 0.1) is 7.11 Å². The van der Waals surface area contributed by atoms with Crippen molar-refractivity contribution in [1.82, 2.24) is 14.8 Å². The molecule has 1 aliphatic heterocycles. The van der Waals surface area contributed by atoms with Crippen molar-refractivity contribution in [3.8, 4) is 5.75 Å². The molecule has 1 atom stereocenters. The highest BCUT2D eigenvalue weighted by Gasteiger charge is 2.24. The van der Waals surface area contributed by atoms with E-state index >= 15 is 0 Å². The second kappa shape index (κ2) is 6.26. The van der Waals surface area contributed by atoms with Crippen molar-refractivity contribution in [1.29, 1.82) is 0 Å². The molecule has 0 radical (unpaired) electrons. The monoisotopic (exact) mass is 352 g/mol. The normalized spacial score (nSPS) is 16.0. The Hall–Kier alpha value is -2.79. The standard InChI is InChI=1S/C19H17ClN4O/c1-12-21-19-22-17(13-3-7-15(20)8-4-13)11-18(24(19)23-12)14-5-9-16(25-2)10-6-14/h3-11,18H,1-2H3,(H,21,22,23)/t18-/m0/s1. The zero-order valence-electron chi connectivity index (χ0n) is 13.9. The summed E-state index contributed by atoms with van der Waals surface area (Å²) < 4.78 is 7.16. The van der Waals surface area contributed by atoms with Crippen LogP contribution in [0.25, 0.3) is 5.70 Å². The summed E-state index contributed by atoms with van der Waals surface area (Å²) in [6.45, 7) is 1.89. The van der Waals surface area contributed by atoms with E-state index in [2.05, 4.69) is 21.5 Å². The molecular weight excluding hydrogens is 336 g/mol. The van der Waals surface area contributed by atoms with Crippen molar-refractivity contribution < 1.29 is 4.74 Å². The van der Waals surface area contributed by atoms with Gasteiger partial charge in [0.1, 0.15) is 17.6 Å². The molecule has 1 aromatic heterocycles. The summed E-state index contributed by atoms with van der Waals surface area (Å²) in [6, 6.07) is 15.7. The van der Waals surface area contributed by atoms with Gasteiger partial charge in [0.2, 0.25) is 5.95 Å². The van der Waals surface area contributed by atoms with Crippen LogP contribution in [-0.4, -0.2) is 21.9 Å². The van der Waals surface area contributed by atoms with Crippen LogP contribution < -0.4 is 10.1 Å². The van der Waals surface area contributed by atoms with Crippen molar-refractivity contribution in [2.45, 2.75) is 13.0 Å². The van der Waals surface area contributed by atoms with Gasteiger partial charge < -0.3 is 10.1 Å². The van der Waals surface area contributed by atoms with Crippen LogP contribution in [0, 0.1) is 6.92 Å². The van der Waals surface area contributed by atoms with Gasteiger partial charge in [-0.15, -0.1) is 0 Å². The highest BCUT2D eigenvalue weighted by Crippen LogP contribution is 2.33. The number of nitrogens with zero attached hydrogens (tertiary/aromatic N) is 3. The van der Waals surface area contributed by atoms with Gasteiger partial charge in [-0.25, -0.2) is 4.68 Å². The molecule has 1 aliphatic rings. The van der Waals surface area contributed by atoms with Crippen molar-refractivity contribution in [2.24, 2.45) is 0 Å². The molecule has 4 rings (SSSR count). The molecule has 5 nitrogen and oxygen atoms in total. The summed E-state index contributed by atoms with van der Waals surface area (Å²) in [5.74, 6) is 2.28. The largest absolute Gasteiger partial charge is 0.497 e. The van der Waals surface area contributed by atoms with Crippen LogP contribution in [0.15, 0.2) is 54.6 Å². The molecule has 0 spiro atoms. The third-order valence-corrected chi connectivity index (χ3v) is 4.44. The Morgan fingerprint density at radius 2 is 1.80 bits per heavy atom. The number of hydrogen-bond acceptors (Lipinski definition) is 4. The Balaban J connectivity index is 1.79. The minimum atomic E-state index is -0.0472. The molecule has 0 saturated heterocycles. The van der Waals surface area contributed by atoms with E-state index in [1.165, 1.54) is 0 Å². The van der Waals surface area contributed by atoms with Crippen LogP contribution in [0.3, 0.4) is 0 Å². The molecule has 0 amide bonds. The quantitative estimate of drug-likeness (QED) is 0.763. The zero-order valence-corrected chi connectivity index (χ0v) is 14.7. The molecule has 0 saturated carbocycles. The first kappa shape index (κ1) is 15.7. The van der Waals surface area contributed by atoms with E-state index in [9.17, 15) is 0 Å². The molecule has 0 bridgehead atoms. The summed E-state index contributed by atoms with van der Waals surface area (Å²) in [7, 11) is 1.66. The third kappa shape index (κ3) is 2.98. The molecular formula is C19H17ClN4O. The number of ether oxygens (including phenoxy) is 1. The predicted octanol–water partition coefficient (Wildman–Crippen LogP) is 4.30. The second-order valence-corrected chi connectivity index (χ2v) is 6.29. The average molecular weight is 353 g/mol. The molecule has 25 heavy (non-hydrogen) atoms. The summed E-state index contributed by atoms with van der Waals surface area (Å²) in [5, 5.41) is 8.61. The van der Waals surface area contributed by atoms with E-state index in [1.807, 2.05) is 60.1 Å². The Morgan fingerprint density at radius 1 is 1.08 bits per heavy atom. The first-order valence-electron chi connectivity index (χ1n) is 7.96. The summed E-state index contributed by atoms with van der Waals surface area (Å²) in [6.07, 6.45) is 2.15. The van der Waals surface area contributed by atoms with E-state index in [0.717, 1.165) is 34.3 Å². The molecule has 3 aromatic rings. The zero-order chi connectivity index (χ0) is 17.4. The Labute approximate surface area is 150 Å². The van der Waals surface area contributed by atoms with Crippen LogP contribution in [0.2, 0.25) is 5.02 Å². The van der Waals surface area contributed by atoms with E-state index in [1.54, 1.807) is 7.11 Å². The molecule has 2 aromatic carbocycles. The number of anilines is 1. The second-order valence-electron chi connectivity index (χ2n) is 5.86. The van der Waals surface area contributed by atoms with Crippen molar-refractivity contribution >= 4 is 23.2 Å². The average Bonchev–Trinajstić information content (AvgIpc) is 3.01. The van der Waals surface area contributed by atoms with E-state index in [0.29, 0.717) is 5.02 Å². The third-order valence-electron chi connectivity index (χ3n) is 4.18. The Bertz CT molecular complexity index is 929. The minimum absolute atomic E-state index is 0.0472. The van der Waals surface area contributed by atoms with E-state index < -0.39 is 0 Å². The fraction of sp³-hybridized carbons (Fsp3) is 0.158. The lowest BCUT2D eigenvalue weighted by Crippen LogP contribution is -2.20. The maximum atomic E-state index is 6.01. The molecule has 6 heteroatoms. The van der Waals surface area contributed by atoms with Crippen molar-refractivity contribution in [3.63, 3.8) is 0 Å². The van der Waals surface area contributed by atoms with Gasteiger partial charge in [-0.3, -0.25) is 0 Å². The number of allylic oxidation sites excluding steroid dienone is 1. The first-order valence-corrected chi connectivity index (χ1v) is 8.34. The van der Waals surface area contributed by atoms with Gasteiger partial charge in [-0.05, 0) is 48.4 Å². The van der Waals surface area contributed by atoms with Crippen molar-refractivity contribution in [3.05, 3.63) is 76.6 Å². The number of rotatable bonds is 3. The number of aryl methyl sites for hydroxylation is 1. The summed E-state index contributed by atoms with van der Waals surface area (Å²) in [5.41, 5.74) is 3.15. The first-order chi connectivity index (χ1) is 12.1. The fourth-order valence-electron chi connectivity index (χ4n) is 2.94. The van der Waals surface area contributed by atoms with Crippen LogP contribution in [0.1, 0.15) is 23.0 Å². The van der Waals surface area contributed by atoms with Gasteiger partial charge in [0.15, 0.2) is 0 Å². The SMILES string of the molecule is COc1ccc([C@@H]2C=C(c3ccc(Cl)cc3)Nc3nc(C)nn32)cc1. The number of nitrogens with one attached hydrogen (secondary N) is 1. The van der Waals surface area contributed by atoms with E-state index in [-0.39, 0.29) is 6.04 Å². The highest BCUT2D eigenvalue weighted by molar-refractivity contribution is 6.30. The Kier molecular flexibility index (Phi) is 3.93. The number of benzene rings is 2. The Morgan fingerprint density at radius 3 is 2.48 bits per heavy atom. The fourth-order valence-corrected chi connectivity index (χ4v) is 3.06. The molecule has 0 fully saturated rings. The number of methoxy groups -OCH3 is 1. The lowest BCUT2D eigenvalue weighted by atomic mass is 10.0. The highest BCUT2D eigenvalue weighted by atomic mass is 35.5. The minimum Gasteiger partial charge on any atom is -0.497 e.